The minimum absolute atomic E-state index is 0.115. The summed E-state index contributed by atoms with van der Waals surface area (Å²) >= 11 is 0. The van der Waals surface area contributed by atoms with E-state index in [1.165, 1.54) is 31.0 Å². The van der Waals surface area contributed by atoms with Crippen LogP contribution in [0.1, 0.15) is 19.8 Å². The van der Waals surface area contributed by atoms with Gasteiger partial charge in [-0.3, -0.25) is 14.4 Å². The summed E-state index contributed by atoms with van der Waals surface area (Å²) in [6.07, 6.45) is 2.97. The van der Waals surface area contributed by atoms with Gasteiger partial charge in [0.25, 0.3) is 0 Å². The maximum Gasteiger partial charge on any atom is 0.325 e. The summed E-state index contributed by atoms with van der Waals surface area (Å²) in [6, 6.07) is 5.40. The number of ether oxygens (including phenoxy) is 1. The fraction of sp³-hybridized carbons (Fsp3) is 0.400. The van der Waals surface area contributed by atoms with Gasteiger partial charge in [0.15, 0.2) is 0 Å². The number of carbonyl (C=O) groups is 3. The van der Waals surface area contributed by atoms with Gasteiger partial charge in [0.2, 0.25) is 0 Å². The van der Waals surface area contributed by atoms with Gasteiger partial charge < -0.3 is 15.4 Å². The quantitative estimate of drug-likeness (QED) is 0.654. The molecule has 2 rings (SSSR count). The summed E-state index contributed by atoms with van der Waals surface area (Å²) in [4.78, 5) is 33.3. The van der Waals surface area contributed by atoms with E-state index in [-0.39, 0.29) is 5.69 Å². The van der Waals surface area contributed by atoms with Gasteiger partial charge in [0.05, 0.1) is 12.8 Å². The van der Waals surface area contributed by atoms with Crippen LogP contribution < -0.4 is 10.6 Å². The van der Waals surface area contributed by atoms with Crippen molar-refractivity contribution in [2.75, 3.05) is 19.0 Å². The molecule has 0 unspecified atom stereocenters. The van der Waals surface area contributed by atoms with Crippen LogP contribution in [0, 0.1) is 11.7 Å². The number of hydrogen-bond acceptors (Lipinski definition) is 4. The van der Waals surface area contributed by atoms with Gasteiger partial charge in [-0.25, -0.2) is 4.39 Å². The predicted octanol–water partition coefficient (Wildman–Crippen LogP) is 1.47. The van der Waals surface area contributed by atoms with Crippen LogP contribution in [0.25, 0.3) is 0 Å². The number of rotatable bonds is 3. The first-order valence-corrected chi connectivity index (χ1v) is 6.84. The smallest absolute Gasteiger partial charge is 0.325 e. The largest absolute Gasteiger partial charge is 0.468 e. The molecule has 6 nitrogen and oxygen atoms in total. The van der Waals surface area contributed by atoms with Crippen LogP contribution in [-0.2, 0) is 19.1 Å². The molecule has 0 atom stereocenters. The minimum Gasteiger partial charge on any atom is -0.468 e. The Morgan fingerprint density at radius 3 is 2.32 bits per heavy atom. The molecule has 2 N–H and O–H groups in total. The lowest BCUT2D eigenvalue weighted by atomic mass is 10.3. The Bertz CT molecular complexity index is 544. The van der Waals surface area contributed by atoms with Crippen LogP contribution >= 0.6 is 0 Å². The molecule has 1 aliphatic rings. The molecule has 1 aromatic rings. The monoisotopic (exact) mass is 310 g/mol. The lowest BCUT2D eigenvalue weighted by molar-refractivity contribution is -0.142. The molecule has 1 aliphatic carbocycles. The topological polar surface area (TPSA) is 84.5 Å². The molecule has 0 spiro atoms. The molecule has 1 saturated carbocycles. The Balaban J connectivity index is 0.000000519. The molecule has 120 valence electrons. The normalized spacial score (nSPS) is 12.5. The second-order valence-corrected chi connectivity index (χ2v) is 4.88. The summed E-state index contributed by atoms with van der Waals surface area (Å²) in [5, 5.41) is 4.10. The van der Waals surface area contributed by atoms with E-state index in [0.717, 1.165) is 19.1 Å². The van der Waals surface area contributed by atoms with Gasteiger partial charge in [-0.15, -0.1) is 0 Å². The highest BCUT2D eigenvalue weighted by Crippen LogP contribution is 2.26. The Labute approximate surface area is 128 Å². The van der Waals surface area contributed by atoms with Gasteiger partial charge in [0, 0.05) is 0 Å². The summed E-state index contributed by atoms with van der Waals surface area (Å²) in [5.41, 5.74) is -0.115. The van der Waals surface area contributed by atoms with E-state index in [1.54, 1.807) is 0 Å². The molecular formula is C15H19FN2O4. The van der Waals surface area contributed by atoms with Crippen LogP contribution in [0.3, 0.4) is 0 Å². The first-order chi connectivity index (χ1) is 10.4. The van der Waals surface area contributed by atoms with Crippen molar-refractivity contribution in [3.05, 3.63) is 30.1 Å². The molecule has 0 saturated heterocycles. The number of para-hydroxylation sites is 1. The second kappa shape index (κ2) is 8.76. The average Bonchev–Trinajstić information content (AvgIpc) is 3.29. The van der Waals surface area contributed by atoms with Crippen molar-refractivity contribution in [1.82, 2.24) is 5.32 Å². The van der Waals surface area contributed by atoms with E-state index in [0.29, 0.717) is 0 Å². The highest BCUT2D eigenvalue weighted by Gasteiger charge is 2.16. The van der Waals surface area contributed by atoms with Gasteiger partial charge in [-0.1, -0.05) is 31.9 Å². The molecule has 0 bridgehead atoms. The standard InChI is InChI=1S/C11H11FN2O4.C4H8/c1-18-9(15)6-13-10(16)11(17)14-8-5-3-2-4-7(8)12;1-4-2-3-4/h2-5H,6H2,1H3,(H,13,16)(H,14,17);4H,2-3H2,1H3. The fourth-order valence-electron chi connectivity index (χ4n) is 1.21. The van der Waals surface area contributed by atoms with Crippen molar-refractivity contribution in [1.29, 1.82) is 0 Å². The third-order valence-corrected chi connectivity index (χ3v) is 2.82. The number of hydrogen-bond donors (Lipinski definition) is 2. The number of esters is 1. The Morgan fingerprint density at radius 1 is 1.23 bits per heavy atom. The molecular weight excluding hydrogens is 291 g/mol. The van der Waals surface area contributed by atoms with Crippen molar-refractivity contribution in [2.45, 2.75) is 19.8 Å². The second-order valence-electron chi connectivity index (χ2n) is 4.88. The Morgan fingerprint density at radius 2 is 1.82 bits per heavy atom. The zero-order chi connectivity index (χ0) is 16.5. The van der Waals surface area contributed by atoms with E-state index in [4.69, 9.17) is 0 Å². The first-order valence-electron chi connectivity index (χ1n) is 6.84. The van der Waals surface area contributed by atoms with Crippen LogP contribution in [-0.4, -0.2) is 31.4 Å². The highest BCUT2D eigenvalue weighted by molar-refractivity contribution is 6.39. The summed E-state index contributed by atoms with van der Waals surface area (Å²) in [6.45, 7) is 1.85. The minimum atomic E-state index is -1.07. The Hall–Kier alpha value is -2.44. The molecule has 1 aromatic carbocycles. The van der Waals surface area contributed by atoms with Crippen LogP contribution in [0.4, 0.5) is 10.1 Å². The third kappa shape index (κ3) is 6.83. The highest BCUT2D eigenvalue weighted by atomic mass is 19.1. The maximum atomic E-state index is 13.2. The fourth-order valence-corrected chi connectivity index (χ4v) is 1.21. The molecule has 0 aliphatic heterocycles. The van der Waals surface area contributed by atoms with Gasteiger partial charge in [-0.05, 0) is 18.1 Å². The zero-order valence-corrected chi connectivity index (χ0v) is 12.5. The predicted molar refractivity (Wildman–Crippen MR) is 78.5 cm³/mol. The SMILES string of the molecule is CC1CC1.COC(=O)CNC(=O)C(=O)Nc1ccccc1F. The Kier molecular flexibility index (Phi) is 7.01. The third-order valence-electron chi connectivity index (χ3n) is 2.82. The average molecular weight is 310 g/mol. The zero-order valence-electron chi connectivity index (χ0n) is 12.5. The molecule has 0 heterocycles. The molecule has 1 fully saturated rings. The summed E-state index contributed by atoms with van der Waals surface area (Å²) in [7, 11) is 1.15. The number of carbonyl (C=O) groups excluding carboxylic acids is 3. The van der Waals surface area contributed by atoms with Crippen molar-refractivity contribution in [2.24, 2.45) is 5.92 Å². The number of methoxy groups -OCH3 is 1. The van der Waals surface area contributed by atoms with Gasteiger partial charge in [0.1, 0.15) is 12.4 Å². The van der Waals surface area contributed by atoms with Crippen molar-refractivity contribution in [3.63, 3.8) is 0 Å². The van der Waals surface area contributed by atoms with E-state index in [1.807, 2.05) is 5.32 Å². The van der Waals surface area contributed by atoms with Crippen LogP contribution in [0.2, 0.25) is 0 Å². The van der Waals surface area contributed by atoms with Crippen molar-refractivity contribution >= 4 is 23.5 Å². The molecule has 0 radical (unpaired) electrons. The number of nitrogens with one attached hydrogen (secondary N) is 2. The van der Waals surface area contributed by atoms with Crippen molar-refractivity contribution in [3.8, 4) is 0 Å². The molecule has 2 amide bonds. The summed E-state index contributed by atoms with van der Waals surface area (Å²) in [5.74, 6) is -2.39. The van der Waals surface area contributed by atoms with E-state index < -0.39 is 30.1 Å². The maximum absolute atomic E-state index is 13.2. The summed E-state index contributed by atoms with van der Waals surface area (Å²) < 4.78 is 17.4. The van der Waals surface area contributed by atoms with E-state index >= 15 is 0 Å². The lowest BCUT2D eigenvalue weighted by Crippen LogP contribution is -2.38. The van der Waals surface area contributed by atoms with E-state index in [9.17, 15) is 18.8 Å². The lowest BCUT2D eigenvalue weighted by Gasteiger charge is -2.06. The number of benzene rings is 1. The number of amides is 2. The molecule has 7 heteroatoms. The van der Waals surface area contributed by atoms with Crippen LogP contribution in [0.5, 0.6) is 0 Å². The molecule has 22 heavy (non-hydrogen) atoms. The van der Waals surface area contributed by atoms with Gasteiger partial charge >= 0.3 is 17.8 Å². The van der Waals surface area contributed by atoms with Gasteiger partial charge in [-0.2, -0.15) is 0 Å². The number of halogens is 1. The molecule has 0 aromatic heterocycles. The van der Waals surface area contributed by atoms with Crippen LogP contribution in [0.15, 0.2) is 24.3 Å². The van der Waals surface area contributed by atoms with Crippen molar-refractivity contribution < 1.29 is 23.5 Å². The number of anilines is 1. The van der Waals surface area contributed by atoms with E-state index in [2.05, 4.69) is 17.0 Å². The first kappa shape index (κ1) is 17.6.